The van der Waals surface area contributed by atoms with E-state index in [-0.39, 0.29) is 0 Å². The predicted molar refractivity (Wildman–Crippen MR) is 84.1 cm³/mol. The lowest BCUT2D eigenvalue weighted by molar-refractivity contribution is 0.0792. The second kappa shape index (κ2) is 9.33. The van der Waals surface area contributed by atoms with Crippen molar-refractivity contribution in [2.45, 2.75) is 27.7 Å². The molecule has 0 aliphatic carbocycles. The summed E-state index contributed by atoms with van der Waals surface area (Å²) >= 11 is 0. The Morgan fingerprint density at radius 3 is 2.38 bits per heavy atom. The molecule has 0 bridgehead atoms. The molecule has 1 rings (SSSR count). The zero-order chi connectivity index (χ0) is 15.7. The van der Waals surface area contributed by atoms with Gasteiger partial charge in [0.1, 0.15) is 6.61 Å². The maximum atomic E-state index is 5.56. The summed E-state index contributed by atoms with van der Waals surface area (Å²) in [7, 11) is 1.77. The minimum Gasteiger partial charge on any atom is -0.461 e. The molecule has 1 N–H and O–H groups in total. The topological polar surface area (TPSA) is 72.4 Å². The van der Waals surface area contributed by atoms with E-state index in [1.165, 1.54) is 0 Å². The Bertz CT molecular complexity index is 410. The van der Waals surface area contributed by atoms with E-state index in [2.05, 4.69) is 48.0 Å². The maximum absolute atomic E-state index is 5.56. The fraction of sp³-hybridized carbons (Fsp3) is 0.786. The zero-order valence-electron chi connectivity index (χ0n) is 13.7. The highest BCUT2D eigenvalue weighted by Gasteiger charge is 2.11. The normalized spacial score (nSPS) is 10.8. The van der Waals surface area contributed by atoms with Gasteiger partial charge in [0.25, 0.3) is 0 Å². The number of rotatable bonds is 10. The second-order valence-corrected chi connectivity index (χ2v) is 4.98. The van der Waals surface area contributed by atoms with Crippen molar-refractivity contribution in [1.29, 1.82) is 0 Å². The average Bonchev–Trinajstić information content (AvgIpc) is 2.47. The minimum atomic E-state index is 0.324. The van der Waals surface area contributed by atoms with E-state index in [0.717, 1.165) is 19.7 Å². The van der Waals surface area contributed by atoms with Gasteiger partial charge < -0.3 is 19.7 Å². The molecule has 0 aliphatic heterocycles. The third kappa shape index (κ3) is 6.12. The maximum Gasteiger partial charge on any atom is 0.323 e. The number of hydrogen-bond acceptors (Lipinski definition) is 7. The fourth-order valence-electron chi connectivity index (χ4n) is 1.68. The Morgan fingerprint density at radius 2 is 1.81 bits per heavy atom. The summed E-state index contributed by atoms with van der Waals surface area (Å²) in [6.45, 7) is 11.7. The Morgan fingerprint density at radius 1 is 1.10 bits per heavy atom. The summed E-state index contributed by atoms with van der Waals surface area (Å²) in [6.07, 6.45) is 0. The van der Waals surface area contributed by atoms with Crippen LogP contribution in [0.4, 0.5) is 11.9 Å². The first kappa shape index (κ1) is 17.4. The van der Waals surface area contributed by atoms with Gasteiger partial charge in [0, 0.05) is 26.7 Å². The molecule has 0 amide bonds. The molecule has 1 heterocycles. The van der Waals surface area contributed by atoms with Gasteiger partial charge in [0.05, 0.1) is 6.61 Å². The van der Waals surface area contributed by atoms with Crippen LogP contribution < -0.4 is 15.0 Å². The lowest BCUT2D eigenvalue weighted by atomic mass is 10.2. The Hall–Kier alpha value is -1.63. The first-order valence-corrected chi connectivity index (χ1v) is 7.50. The molecular formula is C14H27N5O2. The summed E-state index contributed by atoms with van der Waals surface area (Å²) in [6, 6.07) is 0.324. The van der Waals surface area contributed by atoms with Crippen LogP contribution in [0, 0.1) is 5.92 Å². The molecular weight excluding hydrogens is 270 g/mol. The van der Waals surface area contributed by atoms with Crippen molar-refractivity contribution in [3.05, 3.63) is 0 Å². The molecule has 21 heavy (non-hydrogen) atoms. The van der Waals surface area contributed by atoms with E-state index in [4.69, 9.17) is 9.47 Å². The average molecular weight is 297 g/mol. The number of nitrogens with zero attached hydrogens (tertiary/aromatic N) is 4. The molecule has 1 aromatic rings. The van der Waals surface area contributed by atoms with Gasteiger partial charge in [-0.1, -0.05) is 13.8 Å². The van der Waals surface area contributed by atoms with Crippen LogP contribution in [0.15, 0.2) is 0 Å². The lowest BCUT2D eigenvalue weighted by Crippen LogP contribution is -2.25. The van der Waals surface area contributed by atoms with Crippen LogP contribution >= 0.6 is 0 Å². The largest absolute Gasteiger partial charge is 0.461 e. The van der Waals surface area contributed by atoms with Crippen LogP contribution in [0.3, 0.4) is 0 Å². The van der Waals surface area contributed by atoms with Crippen LogP contribution in [0.1, 0.15) is 27.7 Å². The molecule has 0 spiro atoms. The molecule has 7 heteroatoms. The molecule has 0 saturated carbocycles. The van der Waals surface area contributed by atoms with Crippen molar-refractivity contribution in [3.8, 4) is 6.01 Å². The third-order valence-electron chi connectivity index (χ3n) is 2.78. The number of hydrogen-bond donors (Lipinski definition) is 1. The number of ether oxygens (including phenoxy) is 2. The van der Waals surface area contributed by atoms with Crippen LogP contribution in [-0.4, -0.2) is 54.9 Å². The van der Waals surface area contributed by atoms with Crippen molar-refractivity contribution in [2.24, 2.45) is 5.92 Å². The highest BCUT2D eigenvalue weighted by Crippen LogP contribution is 2.14. The van der Waals surface area contributed by atoms with Crippen molar-refractivity contribution in [3.63, 3.8) is 0 Å². The van der Waals surface area contributed by atoms with Crippen LogP contribution in [0.5, 0.6) is 6.01 Å². The molecule has 7 nitrogen and oxygen atoms in total. The standard InChI is InChI=1S/C14H27N5O2/c1-6-19(7-2)13-16-12(15-5)17-14(18-13)21-9-8-20-10-11(3)4/h11H,6-10H2,1-5H3,(H,15,16,17,18). The van der Waals surface area contributed by atoms with Gasteiger partial charge >= 0.3 is 6.01 Å². The summed E-state index contributed by atoms with van der Waals surface area (Å²) in [5, 5.41) is 2.93. The van der Waals surface area contributed by atoms with Gasteiger partial charge in [-0.05, 0) is 19.8 Å². The molecule has 0 atom stereocenters. The minimum absolute atomic E-state index is 0.324. The monoisotopic (exact) mass is 297 g/mol. The van der Waals surface area contributed by atoms with Gasteiger partial charge in [0.15, 0.2) is 0 Å². The molecule has 0 radical (unpaired) electrons. The molecule has 0 aromatic carbocycles. The van der Waals surface area contributed by atoms with Gasteiger partial charge in [-0.15, -0.1) is 0 Å². The van der Waals surface area contributed by atoms with Crippen molar-refractivity contribution in [1.82, 2.24) is 15.0 Å². The highest BCUT2D eigenvalue weighted by atomic mass is 16.5. The van der Waals surface area contributed by atoms with Crippen LogP contribution in [0.25, 0.3) is 0 Å². The molecule has 0 aliphatic rings. The molecule has 0 saturated heterocycles. The van der Waals surface area contributed by atoms with Gasteiger partial charge in [-0.3, -0.25) is 0 Å². The van der Waals surface area contributed by atoms with E-state index in [0.29, 0.717) is 37.0 Å². The van der Waals surface area contributed by atoms with Crippen molar-refractivity contribution < 1.29 is 9.47 Å². The Balaban J connectivity index is 2.62. The van der Waals surface area contributed by atoms with Crippen LogP contribution in [-0.2, 0) is 4.74 Å². The fourth-order valence-corrected chi connectivity index (χ4v) is 1.68. The Kier molecular flexibility index (Phi) is 7.74. The number of aromatic nitrogens is 3. The third-order valence-corrected chi connectivity index (χ3v) is 2.78. The van der Waals surface area contributed by atoms with Crippen LogP contribution in [0.2, 0.25) is 0 Å². The first-order chi connectivity index (χ1) is 10.1. The van der Waals surface area contributed by atoms with E-state index in [1.807, 2.05) is 4.90 Å². The lowest BCUT2D eigenvalue weighted by Gasteiger charge is -2.19. The van der Waals surface area contributed by atoms with Gasteiger partial charge in [-0.25, -0.2) is 0 Å². The predicted octanol–water partition coefficient (Wildman–Crippen LogP) is 1.81. The highest BCUT2D eigenvalue weighted by molar-refractivity contribution is 5.37. The SMILES string of the molecule is CCN(CC)c1nc(NC)nc(OCCOCC(C)C)n1. The first-order valence-electron chi connectivity index (χ1n) is 7.50. The van der Waals surface area contributed by atoms with Gasteiger partial charge in [-0.2, -0.15) is 15.0 Å². The summed E-state index contributed by atoms with van der Waals surface area (Å²) in [4.78, 5) is 14.9. The molecule has 0 unspecified atom stereocenters. The number of nitrogens with one attached hydrogen (secondary N) is 1. The Labute approximate surface area is 127 Å². The summed E-state index contributed by atoms with van der Waals surface area (Å²) in [5.41, 5.74) is 0. The number of anilines is 2. The second-order valence-electron chi connectivity index (χ2n) is 4.98. The van der Waals surface area contributed by atoms with Crippen molar-refractivity contribution in [2.75, 3.05) is 50.2 Å². The smallest absolute Gasteiger partial charge is 0.323 e. The quantitative estimate of drug-likeness (QED) is 0.660. The molecule has 120 valence electrons. The van der Waals surface area contributed by atoms with E-state index >= 15 is 0 Å². The summed E-state index contributed by atoms with van der Waals surface area (Å²) < 4.78 is 11.0. The van der Waals surface area contributed by atoms with Crippen molar-refractivity contribution >= 4 is 11.9 Å². The van der Waals surface area contributed by atoms with E-state index in [1.54, 1.807) is 7.05 Å². The van der Waals surface area contributed by atoms with Gasteiger partial charge in [0.2, 0.25) is 11.9 Å². The summed E-state index contributed by atoms with van der Waals surface area (Å²) in [5.74, 6) is 1.65. The van der Waals surface area contributed by atoms with E-state index < -0.39 is 0 Å². The molecule has 1 aromatic heterocycles. The zero-order valence-corrected chi connectivity index (χ0v) is 13.7. The molecule has 0 fully saturated rings. The van der Waals surface area contributed by atoms with E-state index in [9.17, 15) is 0 Å².